The highest BCUT2D eigenvalue weighted by Crippen LogP contribution is 2.23. The van der Waals surface area contributed by atoms with Gasteiger partial charge in [0.2, 0.25) is 5.91 Å². The van der Waals surface area contributed by atoms with Crippen LogP contribution in [-0.4, -0.2) is 23.2 Å². The van der Waals surface area contributed by atoms with Crippen molar-refractivity contribution in [1.29, 1.82) is 5.26 Å². The Bertz CT molecular complexity index is 506. The normalized spacial score (nSPS) is 9.61. The molecular formula is C13H15N3OS. The van der Waals surface area contributed by atoms with E-state index in [1.54, 1.807) is 6.08 Å². The predicted octanol–water partition coefficient (Wildman–Crippen LogP) is 1.96. The Morgan fingerprint density at radius 3 is 3.00 bits per heavy atom. The summed E-state index contributed by atoms with van der Waals surface area (Å²) in [4.78, 5) is 15.8. The molecule has 94 valence electrons. The van der Waals surface area contributed by atoms with Gasteiger partial charge in [-0.15, -0.1) is 6.58 Å². The summed E-state index contributed by atoms with van der Waals surface area (Å²) >= 11 is 1.28. The summed E-state index contributed by atoms with van der Waals surface area (Å²) in [6.45, 7) is 7.71. The van der Waals surface area contributed by atoms with Gasteiger partial charge in [-0.1, -0.05) is 17.8 Å². The molecule has 0 aliphatic rings. The van der Waals surface area contributed by atoms with Gasteiger partial charge in [-0.05, 0) is 25.5 Å². The van der Waals surface area contributed by atoms with Crippen molar-refractivity contribution in [2.75, 3.05) is 12.3 Å². The fourth-order valence-corrected chi connectivity index (χ4v) is 2.34. The average Bonchev–Trinajstić information content (AvgIpc) is 2.33. The Hall–Kier alpha value is -1.80. The van der Waals surface area contributed by atoms with Gasteiger partial charge in [0, 0.05) is 12.2 Å². The van der Waals surface area contributed by atoms with Gasteiger partial charge in [-0.3, -0.25) is 4.79 Å². The predicted molar refractivity (Wildman–Crippen MR) is 72.4 cm³/mol. The van der Waals surface area contributed by atoms with Crippen molar-refractivity contribution in [3.8, 4) is 6.07 Å². The van der Waals surface area contributed by atoms with E-state index in [-0.39, 0.29) is 11.7 Å². The Kier molecular flexibility index (Phi) is 5.40. The standard InChI is InChI=1S/C13H15N3OS/c1-4-5-15-12(17)8-18-13-11(7-14)9(2)6-10(3)16-13/h4,6H,1,5,8H2,2-3H3,(H,15,17). The number of hydrogen-bond donors (Lipinski definition) is 1. The summed E-state index contributed by atoms with van der Waals surface area (Å²) in [5.74, 6) is 0.156. The highest BCUT2D eigenvalue weighted by molar-refractivity contribution is 8.00. The molecule has 1 aromatic heterocycles. The van der Waals surface area contributed by atoms with Crippen LogP contribution in [0.2, 0.25) is 0 Å². The lowest BCUT2D eigenvalue weighted by Crippen LogP contribution is -2.25. The number of carbonyl (C=O) groups excluding carboxylic acids is 1. The SMILES string of the molecule is C=CCNC(=O)CSc1nc(C)cc(C)c1C#N. The number of nitrogens with one attached hydrogen (secondary N) is 1. The van der Waals surface area contributed by atoms with Gasteiger partial charge in [0.1, 0.15) is 11.1 Å². The highest BCUT2D eigenvalue weighted by Gasteiger charge is 2.10. The van der Waals surface area contributed by atoms with Crippen molar-refractivity contribution >= 4 is 17.7 Å². The van der Waals surface area contributed by atoms with Crippen LogP contribution in [0.1, 0.15) is 16.8 Å². The Morgan fingerprint density at radius 1 is 1.67 bits per heavy atom. The minimum absolute atomic E-state index is 0.0928. The maximum Gasteiger partial charge on any atom is 0.230 e. The first-order valence-corrected chi connectivity index (χ1v) is 6.45. The fourth-order valence-electron chi connectivity index (χ4n) is 1.41. The lowest BCUT2D eigenvalue weighted by molar-refractivity contribution is -0.118. The molecule has 1 rings (SSSR count). The van der Waals surface area contributed by atoms with Crippen molar-refractivity contribution < 1.29 is 4.79 Å². The molecule has 0 saturated carbocycles. The summed E-state index contributed by atoms with van der Waals surface area (Å²) < 4.78 is 0. The van der Waals surface area contributed by atoms with E-state index in [2.05, 4.69) is 22.9 Å². The van der Waals surface area contributed by atoms with Gasteiger partial charge >= 0.3 is 0 Å². The zero-order chi connectivity index (χ0) is 13.5. The van der Waals surface area contributed by atoms with Crippen molar-refractivity contribution in [2.45, 2.75) is 18.9 Å². The highest BCUT2D eigenvalue weighted by atomic mass is 32.2. The second-order valence-corrected chi connectivity index (χ2v) is 4.72. The largest absolute Gasteiger partial charge is 0.352 e. The number of nitriles is 1. The number of nitrogens with zero attached hydrogens (tertiary/aromatic N) is 2. The van der Waals surface area contributed by atoms with Crippen LogP contribution >= 0.6 is 11.8 Å². The van der Waals surface area contributed by atoms with E-state index in [1.807, 2.05) is 19.9 Å². The van der Waals surface area contributed by atoms with Gasteiger partial charge in [0.25, 0.3) is 0 Å². The number of aryl methyl sites for hydroxylation is 2. The van der Waals surface area contributed by atoms with Crippen LogP contribution in [0.25, 0.3) is 0 Å². The summed E-state index contributed by atoms with van der Waals surface area (Å²) in [6.07, 6.45) is 1.62. The fraction of sp³-hybridized carbons (Fsp3) is 0.308. The topological polar surface area (TPSA) is 65.8 Å². The van der Waals surface area contributed by atoms with E-state index in [0.29, 0.717) is 17.1 Å². The van der Waals surface area contributed by atoms with E-state index in [4.69, 9.17) is 5.26 Å². The van der Waals surface area contributed by atoms with Crippen molar-refractivity contribution in [3.63, 3.8) is 0 Å². The molecule has 1 heterocycles. The number of amides is 1. The Balaban J connectivity index is 2.76. The average molecular weight is 261 g/mol. The van der Waals surface area contributed by atoms with Crippen LogP contribution in [0, 0.1) is 25.2 Å². The quantitative estimate of drug-likeness (QED) is 0.650. The Labute approximate surface area is 111 Å². The molecule has 0 aromatic carbocycles. The molecule has 5 heteroatoms. The molecule has 0 aliphatic heterocycles. The smallest absolute Gasteiger partial charge is 0.230 e. The lowest BCUT2D eigenvalue weighted by Gasteiger charge is -2.07. The van der Waals surface area contributed by atoms with Crippen LogP contribution in [0.3, 0.4) is 0 Å². The Morgan fingerprint density at radius 2 is 2.39 bits per heavy atom. The molecule has 0 spiro atoms. The molecule has 0 saturated heterocycles. The van der Waals surface area contributed by atoms with Crippen molar-refractivity contribution in [2.24, 2.45) is 0 Å². The first-order chi connectivity index (χ1) is 8.58. The van der Waals surface area contributed by atoms with Crippen molar-refractivity contribution in [1.82, 2.24) is 10.3 Å². The molecule has 4 nitrogen and oxygen atoms in total. The summed E-state index contributed by atoms with van der Waals surface area (Å²) in [5.41, 5.74) is 2.28. The third kappa shape index (κ3) is 3.90. The molecule has 0 atom stereocenters. The summed E-state index contributed by atoms with van der Waals surface area (Å²) in [7, 11) is 0. The first kappa shape index (κ1) is 14.3. The monoisotopic (exact) mass is 261 g/mol. The molecule has 1 N–H and O–H groups in total. The van der Waals surface area contributed by atoms with E-state index in [1.165, 1.54) is 11.8 Å². The van der Waals surface area contributed by atoms with Gasteiger partial charge in [-0.2, -0.15) is 5.26 Å². The van der Waals surface area contributed by atoms with Crippen LogP contribution in [-0.2, 0) is 4.79 Å². The van der Waals surface area contributed by atoms with Crippen LogP contribution in [0.4, 0.5) is 0 Å². The van der Waals surface area contributed by atoms with E-state index < -0.39 is 0 Å². The maximum atomic E-state index is 11.5. The molecule has 1 aromatic rings. The third-order valence-electron chi connectivity index (χ3n) is 2.21. The number of pyridine rings is 1. The van der Waals surface area contributed by atoms with Crippen molar-refractivity contribution in [3.05, 3.63) is 35.5 Å². The van der Waals surface area contributed by atoms with E-state index in [9.17, 15) is 4.79 Å². The number of thioether (sulfide) groups is 1. The van der Waals surface area contributed by atoms with Gasteiger partial charge in [0.05, 0.1) is 11.3 Å². The summed E-state index contributed by atoms with van der Waals surface area (Å²) in [5, 5.41) is 12.4. The number of hydrogen-bond acceptors (Lipinski definition) is 4. The molecule has 0 radical (unpaired) electrons. The molecule has 1 amide bonds. The first-order valence-electron chi connectivity index (χ1n) is 5.47. The van der Waals surface area contributed by atoms with Gasteiger partial charge < -0.3 is 5.32 Å². The van der Waals surface area contributed by atoms with Crippen LogP contribution in [0.15, 0.2) is 23.7 Å². The van der Waals surface area contributed by atoms with Gasteiger partial charge in [0.15, 0.2) is 0 Å². The number of rotatable bonds is 5. The van der Waals surface area contributed by atoms with E-state index in [0.717, 1.165) is 11.3 Å². The second kappa shape index (κ2) is 6.82. The molecule has 0 bridgehead atoms. The molecule has 18 heavy (non-hydrogen) atoms. The minimum Gasteiger partial charge on any atom is -0.352 e. The summed E-state index contributed by atoms with van der Waals surface area (Å²) in [6, 6.07) is 3.99. The maximum absolute atomic E-state index is 11.5. The van der Waals surface area contributed by atoms with Crippen LogP contribution < -0.4 is 5.32 Å². The van der Waals surface area contributed by atoms with Gasteiger partial charge in [-0.25, -0.2) is 4.98 Å². The lowest BCUT2D eigenvalue weighted by atomic mass is 10.1. The zero-order valence-electron chi connectivity index (χ0n) is 10.5. The number of carbonyl (C=O) groups is 1. The molecule has 0 aliphatic carbocycles. The van der Waals surface area contributed by atoms with Crippen LogP contribution in [0.5, 0.6) is 0 Å². The third-order valence-corrected chi connectivity index (χ3v) is 3.18. The van der Waals surface area contributed by atoms with E-state index >= 15 is 0 Å². The molecular weight excluding hydrogens is 246 g/mol. The molecule has 0 fully saturated rings. The second-order valence-electron chi connectivity index (χ2n) is 3.75. The number of aromatic nitrogens is 1. The zero-order valence-corrected chi connectivity index (χ0v) is 11.3. The minimum atomic E-state index is -0.0928. The molecule has 0 unspecified atom stereocenters.